The fourth-order valence-corrected chi connectivity index (χ4v) is 2.48. The number of halogens is 4. The van der Waals surface area contributed by atoms with E-state index >= 15 is 0 Å². The zero-order valence-corrected chi connectivity index (χ0v) is 11.9. The lowest BCUT2D eigenvalue weighted by Gasteiger charge is -2.14. The van der Waals surface area contributed by atoms with Crippen LogP contribution in [0.2, 0.25) is 0 Å². The number of aromatic nitrogens is 2. The Kier molecular flexibility index (Phi) is 3.90. The third-order valence-corrected chi connectivity index (χ3v) is 3.55. The molecule has 0 aliphatic rings. The van der Waals surface area contributed by atoms with E-state index in [9.17, 15) is 17.6 Å². The zero-order valence-electron chi connectivity index (χ0n) is 11.9. The molecule has 3 aromatic rings. The summed E-state index contributed by atoms with van der Waals surface area (Å²) in [4.78, 5) is 6.84. The van der Waals surface area contributed by atoms with Crippen LogP contribution in [0.1, 0.15) is 16.8 Å². The number of hydrogen-bond donors (Lipinski definition) is 1. The first-order chi connectivity index (χ1) is 11.0. The Balaban J connectivity index is 2.09. The number of aromatic amines is 1. The Morgan fingerprint density at radius 2 is 1.70 bits per heavy atom. The second kappa shape index (κ2) is 5.87. The first-order valence-electron chi connectivity index (χ1n) is 6.88. The number of alkyl halides is 3. The lowest BCUT2D eigenvalue weighted by atomic mass is 9.95. The molecule has 1 N–H and O–H groups in total. The van der Waals surface area contributed by atoms with Gasteiger partial charge in [0, 0.05) is 23.9 Å². The minimum atomic E-state index is -4.72. The van der Waals surface area contributed by atoms with E-state index in [0.29, 0.717) is 12.0 Å². The smallest absolute Gasteiger partial charge is 0.348 e. The number of nitrogens with zero attached hydrogens (tertiary/aromatic N) is 1. The fourth-order valence-electron chi connectivity index (χ4n) is 2.48. The minimum absolute atomic E-state index is 0.0602. The van der Waals surface area contributed by atoms with Crippen LogP contribution in [0.4, 0.5) is 17.6 Å². The van der Waals surface area contributed by atoms with Gasteiger partial charge in [-0.05, 0) is 17.2 Å². The van der Waals surface area contributed by atoms with Gasteiger partial charge in [-0.2, -0.15) is 13.2 Å². The van der Waals surface area contributed by atoms with Crippen molar-refractivity contribution in [2.24, 2.45) is 0 Å². The predicted molar refractivity (Wildman–Crippen MR) is 78.2 cm³/mol. The molecule has 0 amide bonds. The molecule has 0 radical (unpaired) electrons. The summed E-state index contributed by atoms with van der Waals surface area (Å²) in [5.74, 6) is -1.25. The van der Waals surface area contributed by atoms with Gasteiger partial charge in [0.25, 0.3) is 0 Å². The van der Waals surface area contributed by atoms with Crippen LogP contribution in [-0.4, -0.2) is 9.97 Å². The molecule has 6 heteroatoms. The average molecular weight is 320 g/mol. The summed E-state index contributed by atoms with van der Waals surface area (Å²) in [6, 6.07) is 10.1. The average Bonchev–Trinajstić information content (AvgIpc) is 3.00. The van der Waals surface area contributed by atoms with E-state index in [1.54, 1.807) is 30.5 Å². The molecule has 118 valence electrons. The Bertz CT molecular complexity index is 808. The molecule has 0 saturated carbocycles. The summed E-state index contributed by atoms with van der Waals surface area (Å²) in [7, 11) is 0. The summed E-state index contributed by atoms with van der Waals surface area (Å²) in [5, 5.41) is 0. The van der Waals surface area contributed by atoms with E-state index in [0.717, 1.165) is 17.3 Å². The highest BCUT2D eigenvalue weighted by atomic mass is 19.4. The van der Waals surface area contributed by atoms with Crippen LogP contribution in [0.3, 0.4) is 0 Å². The third kappa shape index (κ3) is 3.11. The number of benzene rings is 2. The van der Waals surface area contributed by atoms with E-state index in [4.69, 9.17) is 0 Å². The van der Waals surface area contributed by atoms with E-state index < -0.39 is 17.6 Å². The fraction of sp³-hybridized carbons (Fsp3) is 0.118. The molecular weight excluding hydrogens is 308 g/mol. The van der Waals surface area contributed by atoms with Gasteiger partial charge < -0.3 is 4.98 Å². The molecule has 3 rings (SSSR count). The van der Waals surface area contributed by atoms with Gasteiger partial charge in [-0.25, -0.2) is 9.37 Å². The van der Waals surface area contributed by atoms with Crippen molar-refractivity contribution in [3.63, 3.8) is 0 Å². The number of H-pyrrole nitrogens is 1. The number of rotatable bonds is 3. The minimum Gasteiger partial charge on any atom is -0.348 e. The first-order valence-corrected chi connectivity index (χ1v) is 6.88. The summed E-state index contributed by atoms with van der Waals surface area (Å²) >= 11 is 0. The van der Waals surface area contributed by atoms with Gasteiger partial charge in [-0.1, -0.05) is 36.4 Å². The number of imidazole rings is 1. The largest absolute Gasteiger partial charge is 0.419 e. The normalized spacial score (nSPS) is 11.7. The van der Waals surface area contributed by atoms with E-state index in [1.807, 2.05) is 0 Å². The topological polar surface area (TPSA) is 28.7 Å². The lowest BCUT2D eigenvalue weighted by molar-refractivity contribution is -0.139. The summed E-state index contributed by atoms with van der Waals surface area (Å²) < 4.78 is 53.1. The van der Waals surface area contributed by atoms with Crippen molar-refractivity contribution >= 4 is 0 Å². The molecule has 23 heavy (non-hydrogen) atoms. The van der Waals surface area contributed by atoms with Crippen LogP contribution in [0.5, 0.6) is 0 Å². The van der Waals surface area contributed by atoms with Crippen molar-refractivity contribution in [1.29, 1.82) is 0 Å². The maximum Gasteiger partial charge on any atom is 0.419 e. The Labute approximate surface area is 129 Å². The number of hydrogen-bond acceptors (Lipinski definition) is 1. The molecule has 1 aromatic heterocycles. The quantitative estimate of drug-likeness (QED) is 0.688. The van der Waals surface area contributed by atoms with Crippen LogP contribution >= 0.6 is 0 Å². The third-order valence-electron chi connectivity index (χ3n) is 3.55. The lowest BCUT2D eigenvalue weighted by Crippen LogP contribution is -2.09. The van der Waals surface area contributed by atoms with Gasteiger partial charge in [0.05, 0.1) is 11.9 Å². The molecule has 0 aliphatic heterocycles. The van der Waals surface area contributed by atoms with Gasteiger partial charge in [0.1, 0.15) is 5.82 Å². The second-order valence-corrected chi connectivity index (χ2v) is 5.08. The van der Waals surface area contributed by atoms with E-state index in [1.165, 1.54) is 18.5 Å². The second-order valence-electron chi connectivity index (χ2n) is 5.08. The molecule has 0 spiro atoms. The molecule has 0 aliphatic carbocycles. The van der Waals surface area contributed by atoms with Crippen LogP contribution in [0.15, 0.2) is 55.0 Å². The van der Waals surface area contributed by atoms with Crippen LogP contribution < -0.4 is 0 Å². The van der Waals surface area contributed by atoms with Crippen molar-refractivity contribution in [1.82, 2.24) is 9.97 Å². The van der Waals surface area contributed by atoms with Crippen molar-refractivity contribution in [2.75, 3.05) is 0 Å². The van der Waals surface area contributed by atoms with Crippen molar-refractivity contribution in [3.05, 3.63) is 77.6 Å². The highest BCUT2D eigenvalue weighted by Gasteiger charge is 2.35. The predicted octanol–water partition coefficient (Wildman–Crippen LogP) is 4.83. The highest BCUT2D eigenvalue weighted by Crippen LogP contribution is 2.36. The number of nitrogens with one attached hydrogen (secondary N) is 1. The standard InChI is InChI=1S/C17H12F4N2/c18-16-14(6-3-7-15(16)17(19,20)21)13-5-2-1-4-11(13)8-12-9-22-10-23-12/h1-7,9-10H,8H2,(H,22,23). The Morgan fingerprint density at radius 1 is 0.957 bits per heavy atom. The molecular formula is C17H12F4N2. The molecule has 0 atom stereocenters. The monoisotopic (exact) mass is 320 g/mol. The summed E-state index contributed by atoms with van der Waals surface area (Å²) in [5.41, 5.74) is 0.631. The molecule has 1 heterocycles. The van der Waals surface area contributed by atoms with Crippen molar-refractivity contribution in [2.45, 2.75) is 12.6 Å². The van der Waals surface area contributed by atoms with Crippen LogP contribution in [-0.2, 0) is 12.6 Å². The molecule has 0 fully saturated rings. The first kappa shape index (κ1) is 15.3. The zero-order chi connectivity index (χ0) is 16.4. The summed E-state index contributed by atoms with van der Waals surface area (Å²) in [6.07, 6.45) is -1.16. The highest BCUT2D eigenvalue weighted by molar-refractivity contribution is 5.69. The van der Waals surface area contributed by atoms with E-state index in [2.05, 4.69) is 9.97 Å². The van der Waals surface area contributed by atoms with Gasteiger partial charge in [0.15, 0.2) is 0 Å². The molecule has 0 unspecified atom stereocenters. The Morgan fingerprint density at radius 3 is 2.39 bits per heavy atom. The molecule has 2 aromatic carbocycles. The molecule has 0 bridgehead atoms. The Hall–Kier alpha value is -2.63. The molecule has 2 nitrogen and oxygen atoms in total. The maximum atomic E-state index is 14.4. The van der Waals surface area contributed by atoms with E-state index in [-0.39, 0.29) is 5.56 Å². The summed E-state index contributed by atoms with van der Waals surface area (Å²) in [6.45, 7) is 0. The van der Waals surface area contributed by atoms with Gasteiger partial charge in [-0.15, -0.1) is 0 Å². The van der Waals surface area contributed by atoms with Crippen LogP contribution in [0, 0.1) is 5.82 Å². The van der Waals surface area contributed by atoms with Crippen molar-refractivity contribution in [3.8, 4) is 11.1 Å². The maximum absolute atomic E-state index is 14.4. The van der Waals surface area contributed by atoms with Crippen molar-refractivity contribution < 1.29 is 17.6 Å². The van der Waals surface area contributed by atoms with Gasteiger partial charge >= 0.3 is 6.18 Å². The van der Waals surface area contributed by atoms with Gasteiger partial charge in [-0.3, -0.25) is 0 Å². The van der Waals surface area contributed by atoms with Gasteiger partial charge in [0.2, 0.25) is 0 Å². The van der Waals surface area contributed by atoms with Crippen LogP contribution in [0.25, 0.3) is 11.1 Å². The molecule has 0 saturated heterocycles. The SMILES string of the molecule is Fc1c(-c2ccccc2Cc2cnc[nH]2)cccc1C(F)(F)F.